The van der Waals surface area contributed by atoms with Gasteiger partial charge in [-0.15, -0.1) is 0 Å². The molecule has 18 heavy (non-hydrogen) atoms. The summed E-state index contributed by atoms with van der Waals surface area (Å²) < 4.78 is 5.86. The van der Waals surface area contributed by atoms with Crippen molar-refractivity contribution in [2.75, 3.05) is 13.7 Å². The SMILES string of the molecule is CNC12CC3(COc4ccnc(C#N)c4)CC31C2. The van der Waals surface area contributed by atoms with E-state index in [1.807, 2.05) is 12.1 Å². The summed E-state index contributed by atoms with van der Waals surface area (Å²) in [5, 5.41) is 12.3. The van der Waals surface area contributed by atoms with E-state index in [1.54, 1.807) is 12.3 Å². The maximum Gasteiger partial charge on any atom is 0.144 e. The zero-order valence-corrected chi connectivity index (χ0v) is 10.4. The molecule has 3 aliphatic carbocycles. The number of ether oxygens (including phenoxy) is 1. The van der Waals surface area contributed by atoms with Gasteiger partial charge >= 0.3 is 0 Å². The topological polar surface area (TPSA) is 57.9 Å². The van der Waals surface area contributed by atoms with Crippen molar-refractivity contribution < 1.29 is 4.74 Å². The molecule has 92 valence electrons. The largest absolute Gasteiger partial charge is 0.493 e. The molecule has 3 fully saturated rings. The number of rotatable bonds is 4. The molecule has 4 rings (SSSR count). The van der Waals surface area contributed by atoms with Crippen LogP contribution < -0.4 is 10.1 Å². The summed E-state index contributed by atoms with van der Waals surface area (Å²) in [7, 11) is 2.07. The van der Waals surface area contributed by atoms with Crippen LogP contribution in [-0.4, -0.2) is 24.2 Å². The standard InChI is InChI=1S/C14H15N3O/c1-16-14-7-12(6-13(12,14)8-14)9-18-11-2-3-17-10(4-11)5-15/h2-4,16H,6-9H2,1H3. The average Bonchev–Trinajstić information content (AvgIpc) is 3.18. The Morgan fingerprint density at radius 2 is 2.39 bits per heavy atom. The Hall–Kier alpha value is -1.60. The molecule has 3 saturated carbocycles. The van der Waals surface area contributed by atoms with E-state index in [2.05, 4.69) is 17.3 Å². The van der Waals surface area contributed by atoms with Crippen molar-refractivity contribution >= 4 is 0 Å². The number of nitrogens with one attached hydrogen (secondary N) is 1. The average molecular weight is 241 g/mol. The van der Waals surface area contributed by atoms with E-state index in [9.17, 15) is 0 Å². The Morgan fingerprint density at radius 3 is 3.06 bits per heavy atom. The van der Waals surface area contributed by atoms with Crippen LogP contribution in [0.3, 0.4) is 0 Å². The molecule has 1 spiro atoms. The van der Waals surface area contributed by atoms with Gasteiger partial charge in [0.25, 0.3) is 0 Å². The van der Waals surface area contributed by atoms with Gasteiger partial charge < -0.3 is 10.1 Å². The minimum absolute atomic E-state index is 0.417. The van der Waals surface area contributed by atoms with Gasteiger partial charge in [-0.1, -0.05) is 0 Å². The van der Waals surface area contributed by atoms with Gasteiger partial charge in [-0.25, -0.2) is 4.98 Å². The third-order valence-electron chi connectivity index (χ3n) is 5.40. The first-order valence-corrected chi connectivity index (χ1v) is 6.37. The molecule has 3 atom stereocenters. The molecule has 0 aromatic carbocycles. The van der Waals surface area contributed by atoms with Crippen molar-refractivity contribution in [2.24, 2.45) is 10.8 Å². The van der Waals surface area contributed by atoms with Crippen molar-refractivity contribution in [3.63, 3.8) is 0 Å². The Morgan fingerprint density at radius 1 is 1.50 bits per heavy atom. The molecule has 0 bridgehead atoms. The van der Waals surface area contributed by atoms with Crippen LogP contribution in [0.5, 0.6) is 5.75 Å². The van der Waals surface area contributed by atoms with Crippen molar-refractivity contribution in [3.05, 3.63) is 24.0 Å². The van der Waals surface area contributed by atoms with E-state index in [4.69, 9.17) is 10.00 Å². The van der Waals surface area contributed by atoms with Gasteiger partial charge in [0.2, 0.25) is 0 Å². The molecule has 0 radical (unpaired) electrons. The lowest BCUT2D eigenvalue weighted by molar-refractivity contribution is 0.130. The highest BCUT2D eigenvalue weighted by Gasteiger charge is 2.96. The molecule has 4 nitrogen and oxygen atoms in total. The molecule has 4 heteroatoms. The third-order valence-corrected chi connectivity index (χ3v) is 5.40. The molecule has 0 saturated heterocycles. The number of nitriles is 1. The van der Waals surface area contributed by atoms with Gasteiger partial charge in [0.15, 0.2) is 0 Å². The van der Waals surface area contributed by atoms with Crippen LogP contribution in [0.25, 0.3) is 0 Å². The quantitative estimate of drug-likeness (QED) is 0.867. The molecule has 1 N–H and O–H groups in total. The lowest BCUT2D eigenvalue weighted by atomic mass is 9.80. The number of hydrogen-bond acceptors (Lipinski definition) is 4. The van der Waals surface area contributed by atoms with E-state index in [0.29, 0.717) is 22.1 Å². The van der Waals surface area contributed by atoms with Gasteiger partial charge in [0.1, 0.15) is 17.5 Å². The zero-order valence-electron chi connectivity index (χ0n) is 10.4. The van der Waals surface area contributed by atoms with Crippen molar-refractivity contribution in [1.82, 2.24) is 10.3 Å². The van der Waals surface area contributed by atoms with Crippen LogP contribution in [0.1, 0.15) is 25.0 Å². The second-order valence-corrected chi connectivity index (χ2v) is 6.00. The normalized spacial score (nSPS) is 42.0. The first-order valence-electron chi connectivity index (χ1n) is 6.37. The van der Waals surface area contributed by atoms with Crippen molar-refractivity contribution in [1.29, 1.82) is 5.26 Å². The molecule has 1 aromatic rings. The fourth-order valence-electron chi connectivity index (χ4n) is 4.31. The smallest absolute Gasteiger partial charge is 0.144 e. The van der Waals surface area contributed by atoms with E-state index >= 15 is 0 Å². The lowest BCUT2D eigenvalue weighted by Crippen LogP contribution is -2.44. The number of hydrogen-bond donors (Lipinski definition) is 1. The van der Waals surface area contributed by atoms with Crippen LogP contribution in [-0.2, 0) is 0 Å². The molecule has 0 amide bonds. The molecule has 3 aliphatic rings. The second kappa shape index (κ2) is 2.86. The highest BCUT2D eigenvalue weighted by molar-refractivity contribution is 5.48. The van der Waals surface area contributed by atoms with Gasteiger partial charge in [-0.05, 0) is 37.8 Å². The highest BCUT2D eigenvalue weighted by atomic mass is 16.5. The van der Waals surface area contributed by atoms with Crippen molar-refractivity contribution in [3.8, 4) is 11.8 Å². The van der Waals surface area contributed by atoms with E-state index in [-0.39, 0.29) is 0 Å². The van der Waals surface area contributed by atoms with E-state index < -0.39 is 0 Å². The summed E-state index contributed by atoms with van der Waals surface area (Å²) >= 11 is 0. The summed E-state index contributed by atoms with van der Waals surface area (Å²) in [6.45, 7) is 0.783. The molecular formula is C14H15N3O. The first kappa shape index (κ1) is 10.3. The minimum Gasteiger partial charge on any atom is -0.493 e. The molecule has 3 unspecified atom stereocenters. The van der Waals surface area contributed by atoms with Gasteiger partial charge in [0.05, 0.1) is 6.61 Å². The third kappa shape index (κ3) is 0.979. The zero-order chi connectivity index (χ0) is 12.4. The summed E-state index contributed by atoms with van der Waals surface area (Å²) in [6, 6.07) is 5.57. The second-order valence-electron chi connectivity index (χ2n) is 6.00. The predicted octanol–water partition coefficient (Wildman–Crippen LogP) is 1.47. The number of nitrogens with zero attached hydrogens (tertiary/aromatic N) is 2. The minimum atomic E-state index is 0.417. The van der Waals surface area contributed by atoms with E-state index in [0.717, 1.165) is 12.4 Å². The predicted molar refractivity (Wildman–Crippen MR) is 65.0 cm³/mol. The Bertz CT molecular complexity index is 581. The fourth-order valence-corrected chi connectivity index (χ4v) is 4.31. The summed E-state index contributed by atoms with van der Waals surface area (Å²) in [5.74, 6) is 0.764. The van der Waals surface area contributed by atoms with Crippen molar-refractivity contribution in [2.45, 2.75) is 24.8 Å². The maximum absolute atomic E-state index is 8.79. The molecular weight excluding hydrogens is 226 g/mol. The van der Waals surface area contributed by atoms with Gasteiger partial charge in [-0.3, -0.25) is 0 Å². The molecule has 0 aliphatic heterocycles. The Balaban J connectivity index is 1.43. The maximum atomic E-state index is 8.79. The van der Waals surface area contributed by atoms with Gasteiger partial charge in [-0.2, -0.15) is 5.26 Å². The van der Waals surface area contributed by atoms with Crippen LogP contribution in [0.15, 0.2) is 18.3 Å². The monoisotopic (exact) mass is 241 g/mol. The summed E-state index contributed by atoms with van der Waals surface area (Å²) in [5.41, 5.74) is 1.85. The van der Waals surface area contributed by atoms with Crippen LogP contribution >= 0.6 is 0 Å². The van der Waals surface area contributed by atoms with Crippen LogP contribution in [0.4, 0.5) is 0 Å². The Kier molecular flexibility index (Phi) is 1.64. The van der Waals surface area contributed by atoms with Crippen LogP contribution in [0, 0.1) is 22.2 Å². The summed E-state index contributed by atoms with van der Waals surface area (Å²) in [4.78, 5) is 3.94. The van der Waals surface area contributed by atoms with Crippen LogP contribution in [0.2, 0.25) is 0 Å². The van der Waals surface area contributed by atoms with E-state index in [1.165, 1.54) is 19.3 Å². The summed E-state index contributed by atoms with van der Waals surface area (Å²) in [6.07, 6.45) is 5.49. The fraction of sp³-hybridized carbons (Fsp3) is 0.571. The number of aromatic nitrogens is 1. The first-order chi connectivity index (χ1) is 8.69. The Labute approximate surface area is 106 Å². The number of pyridine rings is 1. The molecule has 1 heterocycles. The van der Waals surface area contributed by atoms with Gasteiger partial charge in [0, 0.05) is 23.2 Å². The highest BCUT2D eigenvalue weighted by Crippen LogP contribution is 2.95. The molecule has 1 aromatic heterocycles. The lowest BCUT2D eigenvalue weighted by Gasteiger charge is -2.33.